The van der Waals surface area contributed by atoms with Crippen molar-refractivity contribution in [3.05, 3.63) is 58.2 Å². The Bertz CT molecular complexity index is 777. The molecule has 0 atom stereocenters. The highest BCUT2D eigenvalue weighted by Gasteiger charge is 2.08. The number of hydrogen-bond donors (Lipinski definition) is 1. The molecule has 3 rings (SSSR count). The van der Waals surface area contributed by atoms with Crippen molar-refractivity contribution in [1.82, 2.24) is 9.78 Å². The third kappa shape index (κ3) is 2.81. The molecule has 0 amide bonds. The molecule has 0 saturated carbocycles. The van der Waals surface area contributed by atoms with Gasteiger partial charge in [0.05, 0.1) is 17.8 Å². The molecule has 0 aliphatic carbocycles. The van der Waals surface area contributed by atoms with Gasteiger partial charge in [-0.2, -0.15) is 5.10 Å². The molecule has 1 heterocycles. The molecule has 1 aromatic heterocycles. The number of aryl methyl sites for hydroxylation is 2. The molecule has 108 valence electrons. The Morgan fingerprint density at radius 2 is 2.00 bits per heavy atom. The highest BCUT2D eigenvalue weighted by atomic mass is 79.9. The van der Waals surface area contributed by atoms with E-state index in [1.54, 1.807) is 0 Å². The van der Waals surface area contributed by atoms with Crippen LogP contribution in [-0.4, -0.2) is 9.78 Å². The average Bonchev–Trinajstić information content (AvgIpc) is 2.87. The summed E-state index contributed by atoms with van der Waals surface area (Å²) < 4.78 is 3.19. The molecule has 3 aromatic rings. The normalized spacial score (nSPS) is 11.0. The van der Waals surface area contributed by atoms with Crippen LogP contribution in [0.4, 0.5) is 5.69 Å². The number of fused-ring (bicyclic) bond motifs is 1. The first-order chi connectivity index (χ1) is 10.2. The maximum absolute atomic E-state index is 4.71. The largest absolute Gasteiger partial charge is 0.379 e. The molecule has 0 aliphatic heterocycles. The smallest absolute Gasteiger partial charge is 0.0894 e. The number of hydrogen-bond acceptors (Lipinski definition) is 2. The zero-order chi connectivity index (χ0) is 14.8. The summed E-state index contributed by atoms with van der Waals surface area (Å²) in [4.78, 5) is 0. The summed E-state index contributed by atoms with van der Waals surface area (Å²) in [5.74, 6) is 0. The second-order valence-electron chi connectivity index (χ2n) is 5.10. The monoisotopic (exact) mass is 343 g/mol. The van der Waals surface area contributed by atoms with Crippen LogP contribution in [0, 0.1) is 6.92 Å². The molecule has 0 saturated heterocycles. The van der Waals surface area contributed by atoms with Crippen LogP contribution in [0.3, 0.4) is 0 Å². The second-order valence-corrected chi connectivity index (χ2v) is 5.95. The lowest BCUT2D eigenvalue weighted by atomic mass is 10.2. The van der Waals surface area contributed by atoms with Crippen LogP contribution < -0.4 is 5.32 Å². The van der Waals surface area contributed by atoms with E-state index in [2.05, 4.69) is 82.2 Å². The summed E-state index contributed by atoms with van der Waals surface area (Å²) in [6, 6.07) is 14.7. The number of benzene rings is 2. The zero-order valence-corrected chi connectivity index (χ0v) is 13.8. The van der Waals surface area contributed by atoms with E-state index in [0.29, 0.717) is 0 Å². The van der Waals surface area contributed by atoms with E-state index in [9.17, 15) is 0 Å². The van der Waals surface area contributed by atoms with E-state index in [4.69, 9.17) is 5.10 Å². The Morgan fingerprint density at radius 3 is 2.76 bits per heavy atom. The van der Waals surface area contributed by atoms with Crippen LogP contribution in [-0.2, 0) is 13.1 Å². The average molecular weight is 344 g/mol. The van der Waals surface area contributed by atoms with Gasteiger partial charge in [-0.1, -0.05) is 34.1 Å². The number of anilines is 1. The number of halogens is 1. The zero-order valence-electron chi connectivity index (χ0n) is 12.2. The number of aromatic nitrogens is 2. The molecule has 1 N–H and O–H groups in total. The predicted molar refractivity (Wildman–Crippen MR) is 91.6 cm³/mol. The van der Waals surface area contributed by atoms with Gasteiger partial charge in [0, 0.05) is 22.1 Å². The van der Waals surface area contributed by atoms with Gasteiger partial charge in [0.15, 0.2) is 0 Å². The molecule has 4 heteroatoms. The van der Waals surface area contributed by atoms with Crippen molar-refractivity contribution in [3.63, 3.8) is 0 Å². The molecular formula is C17H18BrN3. The summed E-state index contributed by atoms with van der Waals surface area (Å²) in [6.45, 7) is 5.83. The highest BCUT2D eigenvalue weighted by Crippen LogP contribution is 2.22. The van der Waals surface area contributed by atoms with Crippen molar-refractivity contribution in [1.29, 1.82) is 0 Å². The first-order valence-corrected chi connectivity index (χ1v) is 7.93. The van der Waals surface area contributed by atoms with Gasteiger partial charge in [-0.15, -0.1) is 0 Å². The highest BCUT2D eigenvalue weighted by molar-refractivity contribution is 9.10. The topological polar surface area (TPSA) is 29.9 Å². The van der Waals surface area contributed by atoms with E-state index in [1.165, 1.54) is 16.5 Å². The molecule has 0 unspecified atom stereocenters. The van der Waals surface area contributed by atoms with Gasteiger partial charge in [-0.05, 0) is 43.7 Å². The minimum atomic E-state index is 0.731. The summed E-state index contributed by atoms with van der Waals surface area (Å²) in [6.07, 6.45) is 0. The van der Waals surface area contributed by atoms with Crippen molar-refractivity contribution in [2.24, 2.45) is 0 Å². The van der Waals surface area contributed by atoms with Gasteiger partial charge < -0.3 is 5.32 Å². The molecule has 0 bridgehead atoms. The maximum Gasteiger partial charge on any atom is 0.0894 e. The van der Waals surface area contributed by atoms with E-state index >= 15 is 0 Å². The van der Waals surface area contributed by atoms with Crippen LogP contribution in [0.2, 0.25) is 0 Å². The molecular weight excluding hydrogens is 326 g/mol. The third-order valence-electron chi connectivity index (χ3n) is 3.65. The van der Waals surface area contributed by atoms with Crippen LogP contribution >= 0.6 is 15.9 Å². The second kappa shape index (κ2) is 5.90. The maximum atomic E-state index is 4.71. The standard InChI is InChI=1S/C17H18BrN3/c1-3-21-17-7-5-4-6-14(17)16(20-21)11-19-13-8-9-15(18)12(2)10-13/h4-10,19H,3,11H2,1-2H3. The fraction of sp³-hybridized carbons (Fsp3) is 0.235. The van der Waals surface area contributed by atoms with E-state index < -0.39 is 0 Å². The Labute approximate surface area is 133 Å². The molecule has 21 heavy (non-hydrogen) atoms. The van der Waals surface area contributed by atoms with Gasteiger partial charge in [0.25, 0.3) is 0 Å². The van der Waals surface area contributed by atoms with Crippen LogP contribution in [0.1, 0.15) is 18.2 Å². The van der Waals surface area contributed by atoms with Crippen molar-refractivity contribution in [3.8, 4) is 0 Å². The Hall–Kier alpha value is -1.81. The van der Waals surface area contributed by atoms with Crippen molar-refractivity contribution < 1.29 is 0 Å². The van der Waals surface area contributed by atoms with Gasteiger partial charge in [0.1, 0.15) is 0 Å². The minimum Gasteiger partial charge on any atom is -0.379 e. The van der Waals surface area contributed by atoms with E-state index in [1.807, 2.05) is 0 Å². The summed E-state index contributed by atoms with van der Waals surface area (Å²) in [7, 11) is 0. The summed E-state index contributed by atoms with van der Waals surface area (Å²) in [5.41, 5.74) is 4.63. The molecule has 0 fully saturated rings. The van der Waals surface area contributed by atoms with Gasteiger partial charge in [0.2, 0.25) is 0 Å². The number of nitrogens with one attached hydrogen (secondary N) is 1. The van der Waals surface area contributed by atoms with Crippen molar-refractivity contribution in [2.45, 2.75) is 26.9 Å². The van der Waals surface area contributed by atoms with Crippen LogP contribution in [0.25, 0.3) is 10.9 Å². The quantitative estimate of drug-likeness (QED) is 0.741. The number of para-hydroxylation sites is 1. The molecule has 0 radical (unpaired) electrons. The molecule has 0 spiro atoms. The van der Waals surface area contributed by atoms with E-state index in [-0.39, 0.29) is 0 Å². The number of nitrogens with zero attached hydrogens (tertiary/aromatic N) is 2. The summed E-state index contributed by atoms with van der Waals surface area (Å²) >= 11 is 3.53. The molecule has 3 nitrogen and oxygen atoms in total. The summed E-state index contributed by atoms with van der Waals surface area (Å²) in [5, 5.41) is 9.39. The number of rotatable bonds is 4. The van der Waals surface area contributed by atoms with E-state index in [0.717, 1.165) is 28.9 Å². The van der Waals surface area contributed by atoms with Gasteiger partial charge in [-0.3, -0.25) is 4.68 Å². The first kappa shape index (κ1) is 14.1. The van der Waals surface area contributed by atoms with Gasteiger partial charge >= 0.3 is 0 Å². The molecule has 2 aromatic carbocycles. The Morgan fingerprint density at radius 1 is 1.19 bits per heavy atom. The van der Waals surface area contributed by atoms with Crippen molar-refractivity contribution in [2.75, 3.05) is 5.32 Å². The SMILES string of the molecule is CCn1nc(CNc2ccc(Br)c(C)c2)c2ccccc21. The predicted octanol–water partition coefficient (Wildman–Crippen LogP) is 4.74. The lowest BCUT2D eigenvalue weighted by molar-refractivity contribution is 0.671. The fourth-order valence-corrected chi connectivity index (χ4v) is 2.75. The third-order valence-corrected chi connectivity index (χ3v) is 4.54. The van der Waals surface area contributed by atoms with Crippen LogP contribution in [0.15, 0.2) is 46.9 Å². The van der Waals surface area contributed by atoms with Gasteiger partial charge in [-0.25, -0.2) is 0 Å². The fourth-order valence-electron chi connectivity index (χ4n) is 2.51. The molecule has 0 aliphatic rings. The van der Waals surface area contributed by atoms with Crippen LogP contribution in [0.5, 0.6) is 0 Å². The van der Waals surface area contributed by atoms with Crippen molar-refractivity contribution >= 4 is 32.5 Å². The Kier molecular flexibility index (Phi) is 3.97. The minimum absolute atomic E-state index is 0.731. The first-order valence-electron chi connectivity index (χ1n) is 7.13. The Balaban J connectivity index is 1.86. The lowest BCUT2D eigenvalue weighted by Gasteiger charge is -2.07. The lowest BCUT2D eigenvalue weighted by Crippen LogP contribution is -2.02.